The number of aryl methyl sites for hydroxylation is 1. The van der Waals surface area contributed by atoms with E-state index < -0.39 is 0 Å². The maximum absolute atomic E-state index is 8.58. The molecule has 0 atom stereocenters. The fraction of sp³-hybridized carbons (Fsp3) is 0.462. The number of nitrogens with zero attached hydrogens (tertiary/aromatic N) is 1. The topological polar surface area (TPSA) is 42.2 Å². The van der Waals surface area contributed by atoms with Crippen LogP contribution >= 0.6 is 0 Å². The molecule has 0 aliphatic heterocycles. The van der Waals surface area contributed by atoms with Crippen LogP contribution < -0.4 is 9.47 Å². The molecule has 0 N–H and O–H groups in total. The summed E-state index contributed by atoms with van der Waals surface area (Å²) in [5.74, 6) is 1.50. The second-order valence-electron chi connectivity index (χ2n) is 3.89. The van der Waals surface area contributed by atoms with Crippen molar-refractivity contribution in [2.75, 3.05) is 13.7 Å². The van der Waals surface area contributed by atoms with Gasteiger partial charge in [0.15, 0.2) is 18.1 Å². The zero-order chi connectivity index (χ0) is 11.4. The molecule has 1 aromatic rings. The van der Waals surface area contributed by atoms with Gasteiger partial charge in [0.2, 0.25) is 0 Å². The van der Waals surface area contributed by atoms with E-state index in [2.05, 4.69) is 6.07 Å². The largest absolute Gasteiger partial charge is 0.493 e. The van der Waals surface area contributed by atoms with Crippen LogP contribution in [-0.2, 0) is 12.8 Å². The van der Waals surface area contributed by atoms with Gasteiger partial charge >= 0.3 is 0 Å². The SMILES string of the molecule is COc1ccc2c(c1OCC#N)CCCC2. The Morgan fingerprint density at radius 1 is 1.31 bits per heavy atom. The fourth-order valence-corrected chi connectivity index (χ4v) is 2.20. The highest BCUT2D eigenvalue weighted by molar-refractivity contribution is 5.51. The minimum atomic E-state index is 0.0762. The molecule has 0 fully saturated rings. The summed E-state index contributed by atoms with van der Waals surface area (Å²) in [4.78, 5) is 0. The standard InChI is InChI=1S/C13H15NO2/c1-15-12-7-6-10-4-2-3-5-11(10)13(12)16-9-8-14/h6-7H,2-5,9H2,1H3. The highest BCUT2D eigenvalue weighted by atomic mass is 16.5. The molecule has 16 heavy (non-hydrogen) atoms. The van der Waals surface area contributed by atoms with Crippen molar-refractivity contribution in [2.45, 2.75) is 25.7 Å². The highest BCUT2D eigenvalue weighted by Crippen LogP contribution is 2.37. The van der Waals surface area contributed by atoms with Crippen LogP contribution in [0, 0.1) is 11.3 Å². The molecule has 0 bridgehead atoms. The molecular weight excluding hydrogens is 202 g/mol. The molecule has 0 saturated heterocycles. The van der Waals surface area contributed by atoms with Crippen LogP contribution in [0.3, 0.4) is 0 Å². The number of fused-ring (bicyclic) bond motifs is 1. The average Bonchev–Trinajstić information content (AvgIpc) is 2.35. The van der Waals surface area contributed by atoms with Crippen molar-refractivity contribution in [1.82, 2.24) is 0 Å². The Hall–Kier alpha value is -1.69. The molecule has 3 nitrogen and oxygen atoms in total. The maximum atomic E-state index is 8.58. The fourth-order valence-electron chi connectivity index (χ4n) is 2.20. The predicted molar refractivity (Wildman–Crippen MR) is 60.7 cm³/mol. The lowest BCUT2D eigenvalue weighted by molar-refractivity contribution is 0.324. The first kappa shape index (κ1) is 10.8. The van der Waals surface area contributed by atoms with Crippen molar-refractivity contribution in [3.8, 4) is 17.6 Å². The van der Waals surface area contributed by atoms with Crippen molar-refractivity contribution in [2.24, 2.45) is 0 Å². The monoisotopic (exact) mass is 217 g/mol. The zero-order valence-corrected chi connectivity index (χ0v) is 9.45. The number of benzene rings is 1. The molecule has 2 rings (SSSR count). The van der Waals surface area contributed by atoms with Crippen LogP contribution in [-0.4, -0.2) is 13.7 Å². The Morgan fingerprint density at radius 2 is 2.12 bits per heavy atom. The number of nitriles is 1. The van der Waals surface area contributed by atoms with Crippen molar-refractivity contribution < 1.29 is 9.47 Å². The van der Waals surface area contributed by atoms with Gasteiger partial charge in [-0.3, -0.25) is 0 Å². The van der Waals surface area contributed by atoms with Crippen LogP contribution in [0.15, 0.2) is 12.1 Å². The number of methoxy groups -OCH3 is 1. The van der Waals surface area contributed by atoms with Crippen LogP contribution in [0.1, 0.15) is 24.0 Å². The van der Waals surface area contributed by atoms with E-state index in [1.807, 2.05) is 12.1 Å². The molecule has 0 saturated carbocycles. The van der Waals surface area contributed by atoms with Gasteiger partial charge in [-0.2, -0.15) is 5.26 Å². The Kier molecular flexibility index (Phi) is 3.31. The van der Waals surface area contributed by atoms with Crippen LogP contribution in [0.5, 0.6) is 11.5 Å². The first-order chi connectivity index (χ1) is 7.86. The summed E-state index contributed by atoms with van der Waals surface area (Å²) in [6.45, 7) is 0.0762. The van der Waals surface area contributed by atoms with Gasteiger partial charge in [0.05, 0.1) is 7.11 Å². The summed E-state index contributed by atoms with van der Waals surface area (Å²) < 4.78 is 10.8. The molecule has 84 valence electrons. The summed E-state index contributed by atoms with van der Waals surface area (Å²) in [7, 11) is 1.63. The highest BCUT2D eigenvalue weighted by Gasteiger charge is 2.18. The quantitative estimate of drug-likeness (QED) is 0.781. The minimum absolute atomic E-state index is 0.0762. The van der Waals surface area contributed by atoms with Gasteiger partial charge < -0.3 is 9.47 Å². The molecular formula is C13H15NO2. The molecule has 3 heteroatoms. The average molecular weight is 217 g/mol. The minimum Gasteiger partial charge on any atom is -0.493 e. The molecule has 1 aliphatic rings. The van der Waals surface area contributed by atoms with E-state index in [9.17, 15) is 0 Å². The van der Waals surface area contributed by atoms with Gasteiger partial charge in [-0.1, -0.05) is 6.07 Å². The lowest BCUT2D eigenvalue weighted by Crippen LogP contribution is -2.07. The van der Waals surface area contributed by atoms with Crippen LogP contribution in [0.4, 0.5) is 0 Å². The third kappa shape index (κ3) is 1.96. The summed E-state index contributed by atoms with van der Waals surface area (Å²) in [6.07, 6.45) is 4.54. The smallest absolute Gasteiger partial charge is 0.174 e. The van der Waals surface area contributed by atoms with Crippen LogP contribution in [0.2, 0.25) is 0 Å². The Balaban J connectivity index is 2.39. The van der Waals surface area contributed by atoms with Crippen molar-refractivity contribution in [1.29, 1.82) is 5.26 Å². The number of hydrogen-bond donors (Lipinski definition) is 0. The number of ether oxygens (including phenoxy) is 2. The number of rotatable bonds is 3. The number of hydrogen-bond acceptors (Lipinski definition) is 3. The summed E-state index contributed by atoms with van der Waals surface area (Å²) in [5, 5.41) is 8.58. The summed E-state index contributed by atoms with van der Waals surface area (Å²) in [5.41, 5.74) is 2.56. The summed E-state index contributed by atoms with van der Waals surface area (Å²) >= 11 is 0. The van der Waals surface area contributed by atoms with E-state index in [0.717, 1.165) is 24.3 Å². The van der Waals surface area contributed by atoms with Crippen molar-refractivity contribution in [3.05, 3.63) is 23.3 Å². The lowest BCUT2D eigenvalue weighted by Gasteiger charge is -2.20. The molecule has 0 heterocycles. The normalized spacial score (nSPS) is 13.8. The van der Waals surface area contributed by atoms with E-state index in [4.69, 9.17) is 14.7 Å². The first-order valence-electron chi connectivity index (χ1n) is 5.55. The van der Waals surface area contributed by atoms with E-state index in [-0.39, 0.29) is 6.61 Å². The molecule has 0 unspecified atom stereocenters. The van der Waals surface area contributed by atoms with E-state index >= 15 is 0 Å². The van der Waals surface area contributed by atoms with Gasteiger partial charge in [-0.25, -0.2) is 0 Å². The molecule has 0 amide bonds. The van der Waals surface area contributed by atoms with Gasteiger partial charge in [-0.15, -0.1) is 0 Å². The molecule has 0 spiro atoms. The molecule has 0 aromatic heterocycles. The van der Waals surface area contributed by atoms with Gasteiger partial charge in [-0.05, 0) is 37.3 Å². The second kappa shape index (κ2) is 4.89. The van der Waals surface area contributed by atoms with Gasteiger partial charge in [0.25, 0.3) is 0 Å². The van der Waals surface area contributed by atoms with Gasteiger partial charge in [0.1, 0.15) is 6.07 Å². The third-order valence-corrected chi connectivity index (χ3v) is 2.95. The maximum Gasteiger partial charge on any atom is 0.174 e. The summed E-state index contributed by atoms with van der Waals surface area (Å²) in [6, 6.07) is 6.03. The van der Waals surface area contributed by atoms with E-state index in [1.54, 1.807) is 7.11 Å². The third-order valence-electron chi connectivity index (χ3n) is 2.95. The molecule has 1 aliphatic carbocycles. The van der Waals surface area contributed by atoms with Crippen LogP contribution in [0.25, 0.3) is 0 Å². The second-order valence-corrected chi connectivity index (χ2v) is 3.89. The zero-order valence-electron chi connectivity index (χ0n) is 9.45. The Bertz CT molecular complexity index is 421. The van der Waals surface area contributed by atoms with Crippen molar-refractivity contribution >= 4 is 0 Å². The van der Waals surface area contributed by atoms with Gasteiger partial charge in [0, 0.05) is 5.56 Å². The van der Waals surface area contributed by atoms with Crippen molar-refractivity contribution in [3.63, 3.8) is 0 Å². The van der Waals surface area contributed by atoms with E-state index in [0.29, 0.717) is 0 Å². The molecule has 1 aromatic carbocycles. The Morgan fingerprint density at radius 3 is 2.88 bits per heavy atom. The predicted octanol–water partition coefficient (Wildman–Crippen LogP) is 2.48. The first-order valence-corrected chi connectivity index (χ1v) is 5.55. The lowest BCUT2D eigenvalue weighted by atomic mass is 9.91. The molecule has 0 radical (unpaired) electrons. The Labute approximate surface area is 95.6 Å². The van der Waals surface area contributed by atoms with E-state index in [1.165, 1.54) is 24.0 Å².